The monoisotopic (exact) mass is 329 g/mol. The molecule has 4 rings (SSSR count). The molecule has 4 aromatic rings. The summed E-state index contributed by atoms with van der Waals surface area (Å²) in [7, 11) is 1.62. The number of aromatic nitrogens is 4. The molecule has 0 spiro atoms. The summed E-state index contributed by atoms with van der Waals surface area (Å²) in [5.74, 6) is 0.657. The maximum absolute atomic E-state index is 5.25. The lowest BCUT2D eigenvalue weighted by Crippen LogP contribution is -1.93. The van der Waals surface area contributed by atoms with Gasteiger partial charge in [-0.2, -0.15) is 5.10 Å². The van der Waals surface area contributed by atoms with Gasteiger partial charge < -0.3 is 4.74 Å². The van der Waals surface area contributed by atoms with E-state index >= 15 is 0 Å². The number of aryl methyl sites for hydroxylation is 1. The molecule has 0 unspecified atom stereocenters. The molecule has 2 heterocycles. The molecule has 0 aliphatic rings. The Morgan fingerprint density at radius 1 is 1.12 bits per heavy atom. The molecule has 123 valence electrons. The second-order valence-corrected chi connectivity index (χ2v) is 5.64. The second kappa shape index (κ2) is 6.36. The highest BCUT2D eigenvalue weighted by atomic mass is 16.5. The first-order chi connectivity index (χ1) is 12.3. The van der Waals surface area contributed by atoms with Crippen molar-refractivity contribution < 1.29 is 4.74 Å². The van der Waals surface area contributed by atoms with Crippen molar-refractivity contribution >= 4 is 10.9 Å². The van der Waals surface area contributed by atoms with Gasteiger partial charge in [0.1, 0.15) is 17.8 Å². The first kappa shape index (κ1) is 15.3. The lowest BCUT2D eigenvalue weighted by Gasteiger charge is -2.07. The maximum atomic E-state index is 5.25. The van der Waals surface area contributed by atoms with Gasteiger partial charge in [-0.15, -0.1) is 0 Å². The fraction of sp³-hybridized carbons (Fsp3) is 0.150. The van der Waals surface area contributed by atoms with Crippen LogP contribution in [0.5, 0.6) is 5.75 Å². The summed E-state index contributed by atoms with van der Waals surface area (Å²) in [5.41, 5.74) is 4.64. The normalized spacial score (nSPS) is 11.0. The van der Waals surface area contributed by atoms with Crippen LogP contribution in [0.2, 0.25) is 0 Å². The Hall–Kier alpha value is -3.21. The van der Waals surface area contributed by atoms with E-state index in [2.05, 4.69) is 35.1 Å². The third kappa shape index (κ3) is 2.74. The van der Waals surface area contributed by atoms with E-state index in [-0.39, 0.29) is 0 Å². The predicted molar refractivity (Wildman–Crippen MR) is 97.3 cm³/mol. The van der Waals surface area contributed by atoms with E-state index in [1.165, 1.54) is 0 Å². The molecule has 0 atom stereocenters. The fourth-order valence-corrected chi connectivity index (χ4v) is 2.87. The van der Waals surface area contributed by atoms with Crippen molar-refractivity contribution in [2.75, 3.05) is 7.11 Å². The molecule has 0 saturated carbocycles. The van der Waals surface area contributed by atoms with Crippen molar-refractivity contribution in [3.63, 3.8) is 0 Å². The number of fused-ring (bicyclic) bond motifs is 1. The summed E-state index contributed by atoms with van der Waals surface area (Å²) in [5, 5.41) is 5.66. The van der Waals surface area contributed by atoms with Crippen molar-refractivity contribution in [3.8, 4) is 28.3 Å². The quantitative estimate of drug-likeness (QED) is 0.568. The van der Waals surface area contributed by atoms with Crippen molar-refractivity contribution in [2.24, 2.45) is 0 Å². The molecule has 0 aliphatic carbocycles. The van der Waals surface area contributed by atoms with Crippen LogP contribution in [0.1, 0.15) is 6.92 Å². The molecular weight excluding hydrogens is 312 g/mol. The van der Waals surface area contributed by atoms with Gasteiger partial charge in [0.25, 0.3) is 0 Å². The summed E-state index contributed by atoms with van der Waals surface area (Å²) >= 11 is 0. The van der Waals surface area contributed by atoms with Gasteiger partial charge in [0, 0.05) is 41.4 Å². The van der Waals surface area contributed by atoms with Gasteiger partial charge in [0.2, 0.25) is 0 Å². The zero-order valence-corrected chi connectivity index (χ0v) is 14.1. The summed E-state index contributed by atoms with van der Waals surface area (Å²) < 4.78 is 7.18. The minimum absolute atomic E-state index is 0.657. The SMILES string of the molecule is CCn1cc(-c2ncnc3cc(OC)[c]cc23)c(-c2ccccc2)n1. The van der Waals surface area contributed by atoms with Crippen LogP contribution < -0.4 is 4.74 Å². The zero-order valence-electron chi connectivity index (χ0n) is 14.1. The molecule has 0 saturated heterocycles. The fourth-order valence-electron chi connectivity index (χ4n) is 2.87. The smallest absolute Gasteiger partial charge is 0.129 e. The van der Waals surface area contributed by atoms with Gasteiger partial charge in [0.05, 0.1) is 18.3 Å². The molecule has 0 amide bonds. The highest BCUT2D eigenvalue weighted by Crippen LogP contribution is 2.34. The van der Waals surface area contributed by atoms with Crippen molar-refractivity contribution in [2.45, 2.75) is 13.5 Å². The van der Waals surface area contributed by atoms with Crippen molar-refractivity contribution in [3.05, 3.63) is 61.1 Å². The predicted octanol–water partition coefficient (Wildman–Crippen LogP) is 3.99. The van der Waals surface area contributed by atoms with E-state index in [0.717, 1.165) is 40.0 Å². The van der Waals surface area contributed by atoms with Gasteiger partial charge in [-0.25, -0.2) is 9.97 Å². The van der Waals surface area contributed by atoms with E-state index in [1.807, 2.05) is 41.2 Å². The van der Waals surface area contributed by atoms with Crippen LogP contribution in [0.15, 0.2) is 55.0 Å². The molecule has 5 heteroatoms. The minimum atomic E-state index is 0.657. The van der Waals surface area contributed by atoms with Crippen molar-refractivity contribution in [1.29, 1.82) is 0 Å². The van der Waals surface area contributed by atoms with E-state index in [4.69, 9.17) is 9.84 Å². The number of hydrogen-bond acceptors (Lipinski definition) is 4. The van der Waals surface area contributed by atoms with Gasteiger partial charge in [-0.1, -0.05) is 30.3 Å². The van der Waals surface area contributed by atoms with E-state index < -0.39 is 0 Å². The van der Waals surface area contributed by atoms with Crippen LogP contribution in [0.25, 0.3) is 33.4 Å². The molecular formula is C20H17N4O. The third-order valence-corrected chi connectivity index (χ3v) is 4.15. The molecule has 0 bridgehead atoms. The van der Waals surface area contributed by atoms with Crippen LogP contribution in [0.3, 0.4) is 0 Å². The highest BCUT2D eigenvalue weighted by Gasteiger charge is 2.16. The number of hydrogen-bond donors (Lipinski definition) is 0. The lowest BCUT2D eigenvalue weighted by atomic mass is 10.0. The van der Waals surface area contributed by atoms with E-state index in [0.29, 0.717) is 5.75 Å². The van der Waals surface area contributed by atoms with Crippen LogP contribution in [0.4, 0.5) is 0 Å². The summed E-state index contributed by atoms with van der Waals surface area (Å²) in [6, 6.07) is 17.0. The molecule has 1 radical (unpaired) electrons. The van der Waals surface area contributed by atoms with Crippen LogP contribution in [0, 0.1) is 6.07 Å². The zero-order chi connectivity index (χ0) is 17.2. The average molecular weight is 329 g/mol. The Morgan fingerprint density at radius 3 is 2.72 bits per heavy atom. The molecule has 0 fully saturated rings. The average Bonchev–Trinajstić information content (AvgIpc) is 3.12. The second-order valence-electron chi connectivity index (χ2n) is 5.64. The Morgan fingerprint density at radius 2 is 1.96 bits per heavy atom. The maximum Gasteiger partial charge on any atom is 0.129 e. The first-order valence-electron chi connectivity index (χ1n) is 8.14. The van der Waals surface area contributed by atoms with Crippen LogP contribution in [-0.4, -0.2) is 26.9 Å². The van der Waals surface area contributed by atoms with Crippen molar-refractivity contribution in [1.82, 2.24) is 19.7 Å². The summed E-state index contributed by atoms with van der Waals surface area (Å²) in [6.45, 7) is 2.87. The van der Waals surface area contributed by atoms with Crippen LogP contribution in [-0.2, 0) is 6.54 Å². The van der Waals surface area contributed by atoms with Crippen LogP contribution >= 0.6 is 0 Å². The number of rotatable bonds is 4. The minimum Gasteiger partial charge on any atom is -0.496 e. The standard InChI is InChI=1S/C20H17N4O/c1-3-24-12-17(19(23-24)14-7-5-4-6-8-14)20-16-10-9-15(25-2)11-18(16)21-13-22-20/h4-8,10-13H,3H2,1-2H3. The number of ether oxygens (including phenoxy) is 1. The summed E-state index contributed by atoms with van der Waals surface area (Å²) in [4.78, 5) is 8.91. The Kier molecular flexibility index (Phi) is 3.90. The molecule has 5 nitrogen and oxygen atoms in total. The largest absolute Gasteiger partial charge is 0.496 e. The van der Waals surface area contributed by atoms with Gasteiger partial charge >= 0.3 is 0 Å². The number of methoxy groups -OCH3 is 1. The van der Waals surface area contributed by atoms with Gasteiger partial charge in [-0.05, 0) is 13.0 Å². The lowest BCUT2D eigenvalue weighted by molar-refractivity contribution is 0.414. The molecule has 2 aromatic carbocycles. The van der Waals surface area contributed by atoms with Gasteiger partial charge in [0.15, 0.2) is 0 Å². The van der Waals surface area contributed by atoms with E-state index in [1.54, 1.807) is 13.4 Å². The first-order valence-corrected chi connectivity index (χ1v) is 8.14. The number of benzene rings is 2. The Balaban J connectivity index is 1.96. The Bertz CT molecular complexity index is 1020. The topological polar surface area (TPSA) is 52.8 Å². The molecule has 0 N–H and O–H groups in total. The number of nitrogens with zero attached hydrogens (tertiary/aromatic N) is 4. The summed E-state index contributed by atoms with van der Waals surface area (Å²) in [6.07, 6.45) is 3.61. The molecule has 0 aliphatic heterocycles. The van der Waals surface area contributed by atoms with Gasteiger partial charge in [-0.3, -0.25) is 4.68 Å². The van der Waals surface area contributed by atoms with E-state index in [9.17, 15) is 0 Å². The Labute approximate surface area is 145 Å². The third-order valence-electron chi connectivity index (χ3n) is 4.15. The highest BCUT2D eigenvalue weighted by molar-refractivity contribution is 5.96. The molecule has 2 aromatic heterocycles. The molecule has 25 heavy (non-hydrogen) atoms.